The van der Waals surface area contributed by atoms with E-state index in [1.165, 1.54) is 6.07 Å². The summed E-state index contributed by atoms with van der Waals surface area (Å²) in [7, 11) is 4.20. The first-order chi connectivity index (χ1) is 7.68. The molecule has 0 radical (unpaired) electrons. The minimum atomic E-state index is -0.138. The zero-order chi connectivity index (χ0) is 11.5. The summed E-state index contributed by atoms with van der Waals surface area (Å²) in [4.78, 5) is 2.25. The normalized spacial score (nSPS) is 26.0. The lowest BCUT2D eigenvalue weighted by atomic mass is 9.86. The van der Waals surface area contributed by atoms with Crippen molar-refractivity contribution in [3.8, 4) is 0 Å². The number of piperidine rings is 1. The first-order valence-corrected chi connectivity index (χ1v) is 5.81. The molecule has 88 valence electrons. The molecule has 2 unspecified atom stereocenters. The van der Waals surface area contributed by atoms with Gasteiger partial charge in [0.25, 0.3) is 0 Å². The molecule has 3 heteroatoms. The van der Waals surface area contributed by atoms with Gasteiger partial charge in [-0.3, -0.25) is 0 Å². The predicted molar refractivity (Wildman–Crippen MR) is 64.1 cm³/mol. The Balaban J connectivity index is 2.23. The number of hydrogen-bond donors (Lipinski definition) is 1. The van der Waals surface area contributed by atoms with E-state index in [4.69, 9.17) is 0 Å². The van der Waals surface area contributed by atoms with Gasteiger partial charge in [0.2, 0.25) is 0 Å². The van der Waals surface area contributed by atoms with Gasteiger partial charge in [0.05, 0.1) is 0 Å². The van der Waals surface area contributed by atoms with Gasteiger partial charge in [-0.15, -0.1) is 0 Å². The van der Waals surface area contributed by atoms with Gasteiger partial charge in [-0.1, -0.05) is 12.1 Å². The van der Waals surface area contributed by atoms with E-state index in [1.54, 1.807) is 12.1 Å². The number of likely N-dealkylation sites (N-methyl/N-ethyl adjacent to an activating group) is 1. The number of halogens is 1. The lowest BCUT2D eigenvalue weighted by Gasteiger charge is -2.37. The fraction of sp³-hybridized carbons (Fsp3) is 0.538. The van der Waals surface area contributed by atoms with E-state index in [2.05, 4.69) is 24.3 Å². The third-order valence-electron chi connectivity index (χ3n) is 3.39. The van der Waals surface area contributed by atoms with Gasteiger partial charge in [0, 0.05) is 18.5 Å². The Kier molecular flexibility index (Phi) is 3.56. The Morgan fingerprint density at radius 3 is 2.88 bits per heavy atom. The molecule has 1 aliphatic heterocycles. The second-order valence-electron chi connectivity index (χ2n) is 4.69. The molecule has 0 aromatic heterocycles. The van der Waals surface area contributed by atoms with Crippen molar-refractivity contribution in [2.45, 2.75) is 18.4 Å². The van der Waals surface area contributed by atoms with Crippen LogP contribution < -0.4 is 5.32 Å². The Hall–Kier alpha value is -0.930. The lowest BCUT2D eigenvalue weighted by Crippen LogP contribution is -2.45. The molecule has 2 rings (SSSR count). The third kappa shape index (κ3) is 2.42. The van der Waals surface area contributed by atoms with Crippen LogP contribution in [0, 0.1) is 5.82 Å². The molecule has 1 heterocycles. The summed E-state index contributed by atoms with van der Waals surface area (Å²) < 4.78 is 13.2. The fourth-order valence-corrected chi connectivity index (χ4v) is 2.54. The summed E-state index contributed by atoms with van der Waals surface area (Å²) in [6.45, 7) is 1.99. The monoisotopic (exact) mass is 222 g/mol. The minimum Gasteiger partial charge on any atom is -0.316 e. The van der Waals surface area contributed by atoms with E-state index in [9.17, 15) is 4.39 Å². The van der Waals surface area contributed by atoms with Crippen molar-refractivity contribution in [2.75, 3.05) is 27.2 Å². The number of benzene rings is 1. The largest absolute Gasteiger partial charge is 0.316 e. The maximum Gasteiger partial charge on any atom is 0.123 e. The molecular formula is C13H19FN2. The van der Waals surface area contributed by atoms with Crippen LogP contribution in [0.4, 0.5) is 4.39 Å². The van der Waals surface area contributed by atoms with Crippen LogP contribution >= 0.6 is 0 Å². The molecular weight excluding hydrogens is 203 g/mol. The molecule has 1 aromatic carbocycles. The molecule has 1 N–H and O–H groups in total. The quantitative estimate of drug-likeness (QED) is 0.821. The molecule has 0 aliphatic carbocycles. The topological polar surface area (TPSA) is 15.3 Å². The summed E-state index contributed by atoms with van der Waals surface area (Å²) in [5, 5.41) is 3.39. The van der Waals surface area contributed by atoms with Crippen molar-refractivity contribution in [3.05, 3.63) is 35.6 Å². The standard InChI is InChI=1S/C13H19FN2/c1-16(2)13-6-7-15-9-12(13)10-4-3-5-11(14)8-10/h3-5,8,12-13,15H,6-7,9H2,1-2H3. The van der Waals surface area contributed by atoms with Crippen LogP contribution in [0.5, 0.6) is 0 Å². The van der Waals surface area contributed by atoms with E-state index in [1.807, 2.05) is 6.07 Å². The molecule has 0 bridgehead atoms. The van der Waals surface area contributed by atoms with E-state index < -0.39 is 0 Å². The van der Waals surface area contributed by atoms with Crippen molar-refractivity contribution in [1.82, 2.24) is 10.2 Å². The second-order valence-corrected chi connectivity index (χ2v) is 4.69. The summed E-state index contributed by atoms with van der Waals surface area (Å²) in [5.74, 6) is 0.250. The molecule has 2 atom stereocenters. The maximum atomic E-state index is 13.2. The molecule has 0 spiro atoms. The highest BCUT2D eigenvalue weighted by Crippen LogP contribution is 2.26. The van der Waals surface area contributed by atoms with Crippen LogP contribution in [-0.4, -0.2) is 38.1 Å². The van der Waals surface area contributed by atoms with Crippen LogP contribution in [0.15, 0.2) is 24.3 Å². The fourth-order valence-electron chi connectivity index (χ4n) is 2.54. The van der Waals surface area contributed by atoms with Crippen LogP contribution in [0.2, 0.25) is 0 Å². The smallest absolute Gasteiger partial charge is 0.123 e. The van der Waals surface area contributed by atoms with Crippen molar-refractivity contribution in [3.63, 3.8) is 0 Å². The number of nitrogens with one attached hydrogen (secondary N) is 1. The van der Waals surface area contributed by atoms with E-state index in [0.717, 1.165) is 25.1 Å². The first kappa shape index (κ1) is 11.6. The highest BCUT2D eigenvalue weighted by molar-refractivity contribution is 5.23. The molecule has 1 aromatic rings. The average molecular weight is 222 g/mol. The molecule has 1 fully saturated rings. The van der Waals surface area contributed by atoms with Gasteiger partial charge >= 0.3 is 0 Å². The summed E-state index contributed by atoms with van der Waals surface area (Å²) in [6.07, 6.45) is 1.12. The van der Waals surface area contributed by atoms with Crippen molar-refractivity contribution >= 4 is 0 Å². The lowest BCUT2D eigenvalue weighted by molar-refractivity contribution is 0.209. The number of rotatable bonds is 2. The summed E-state index contributed by atoms with van der Waals surface area (Å²) in [5.41, 5.74) is 1.10. The Morgan fingerprint density at radius 1 is 1.38 bits per heavy atom. The summed E-state index contributed by atoms with van der Waals surface area (Å²) >= 11 is 0. The van der Waals surface area contributed by atoms with Crippen LogP contribution in [0.1, 0.15) is 17.9 Å². The van der Waals surface area contributed by atoms with Crippen LogP contribution in [-0.2, 0) is 0 Å². The van der Waals surface area contributed by atoms with E-state index >= 15 is 0 Å². The van der Waals surface area contributed by atoms with Crippen molar-refractivity contribution in [2.24, 2.45) is 0 Å². The van der Waals surface area contributed by atoms with Gasteiger partial charge in [-0.25, -0.2) is 4.39 Å². The van der Waals surface area contributed by atoms with Gasteiger partial charge in [-0.05, 0) is 44.8 Å². The van der Waals surface area contributed by atoms with Crippen molar-refractivity contribution < 1.29 is 4.39 Å². The Morgan fingerprint density at radius 2 is 2.19 bits per heavy atom. The molecule has 0 saturated carbocycles. The van der Waals surface area contributed by atoms with Gasteiger partial charge in [-0.2, -0.15) is 0 Å². The summed E-state index contributed by atoms with van der Waals surface area (Å²) in [6, 6.07) is 7.49. The molecule has 16 heavy (non-hydrogen) atoms. The Labute approximate surface area is 96.5 Å². The van der Waals surface area contributed by atoms with E-state index in [0.29, 0.717) is 12.0 Å². The zero-order valence-corrected chi connectivity index (χ0v) is 9.91. The van der Waals surface area contributed by atoms with Crippen LogP contribution in [0.25, 0.3) is 0 Å². The zero-order valence-electron chi connectivity index (χ0n) is 9.91. The first-order valence-electron chi connectivity index (χ1n) is 5.81. The molecule has 2 nitrogen and oxygen atoms in total. The van der Waals surface area contributed by atoms with Gasteiger partial charge < -0.3 is 10.2 Å². The maximum absolute atomic E-state index is 13.2. The number of nitrogens with zero attached hydrogens (tertiary/aromatic N) is 1. The highest BCUT2D eigenvalue weighted by Gasteiger charge is 2.27. The van der Waals surface area contributed by atoms with E-state index in [-0.39, 0.29) is 5.82 Å². The van der Waals surface area contributed by atoms with Gasteiger partial charge in [0.1, 0.15) is 5.82 Å². The number of hydrogen-bond acceptors (Lipinski definition) is 2. The second kappa shape index (κ2) is 4.93. The van der Waals surface area contributed by atoms with Crippen LogP contribution in [0.3, 0.4) is 0 Å². The molecule has 1 saturated heterocycles. The highest BCUT2D eigenvalue weighted by atomic mass is 19.1. The van der Waals surface area contributed by atoms with Crippen molar-refractivity contribution in [1.29, 1.82) is 0 Å². The minimum absolute atomic E-state index is 0.138. The average Bonchev–Trinajstić information content (AvgIpc) is 2.29. The molecule has 1 aliphatic rings. The van der Waals surface area contributed by atoms with Gasteiger partial charge in [0.15, 0.2) is 0 Å². The third-order valence-corrected chi connectivity index (χ3v) is 3.39. The Bertz CT molecular complexity index is 352. The SMILES string of the molecule is CN(C)C1CCNCC1c1cccc(F)c1. The predicted octanol–water partition coefficient (Wildman–Crippen LogP) is 1.83. The molecule has 0 amide bonds.